The average Bonchev–Trinajstić information content (AvgIpc) is 3.30. The first-order valence-corrected chi connectivity index (χ1v) is 12.8. The van der Waals surface area contributed by atoms with E-state index in [9.17, 15) is 18.0 Å². The van der Waals surface area contributed by atoms with Gasteiger partial charge in [-0.25, -0.2) is 8.42 Å². The van der Waals surface area contributed by atoms with Crippen LogP contribution in [0.4, 0.5) is 5.69 Å². The zero-order chi connectivity index (χ0) is 22.6. The summed E-state index contributed by atoms with van der Waals surface area (Å²) in [5.41, 5.74) is 1.08. The van der Waals surface area contributed by atoms with Crippen molar-refractivity contribution in [1.82, 2.24) is 9.21 Å². The number of thiophene rings is 1. The van der Waals surface area contributed by atoms with E-state index >= 15 is 0 Å². The minimum Gasteiger partial charge on any atom is -0.337 e. The van der Waals surface area contributed by atoms with Crippen LogP contribution < -0.4 is 5.32 Å². The van der Waals surface area contributed by atoms with E-state index in [-0.39, 0.29) is 22.6 Å². The number of hydrogen-bond donors (Lipinski definition) is 1. The van der Waals surface area contributed by atoms with Gasteiger partial charge in [0.1, 0.15) is 0 Å². The van der Waals surface area contributed by atoms with Crippen molar-refractivity contribution in [2.24, 2.45) is 5.92 Å². The number of piperidine rings is 1. The lowest BCUT2D eigenvalue weighted by molar-refractivity contribution is -0.121. The maximum absolute atomic E-state index is 13.0. The number of aryl methyl sites for hydroxylation is 1. The van der Waals surface area contributed by atoms with Crippen molar-refractivity contribution in [3.8, 4) is 0 Å². The molecule has 1 fully saturated rings. The SMILES string of the molecule is CCN(CC)S(=O)(=O)c1cc(NC(=O)C2CCCN(C(=O)c3cccs3)C2)ccc1C. The molecule has 1 unspecified atom stereocenters. The normalized spacial score (nSPS) is 17.0. The van der Waals surface area contributed by atoms with Crippen molar-refractivity contribution in [1.29, 1.82) is 0 Å². The fourth-order valence-electron chi connectivity index (χ4n) is 3.83. The lowest BCUT2D eigenvalue weighted by Gasteiger charge is -2.31. The molecule has 3 rings (SSSR count). The zero-order valence-electron chi connectivity index (χ0n) is 18.1. The molecule has 1 N–H and O–H groups in total. The molecule has 2 amide bonds. The van der Waals surface area contributed by atoms with Gasteiger partial charge in [-0.1, -0.05) is 26.0 Å². The Hall–Kier alpha value is -2.23. The summed E-state index contributed by atoms with van der Waals surface area (Å²) in [6.07, 6.45) is 1.45. The molecule has 0 bridgehead atoms. The minimum atomic E-state index is -3.63. The van der Waals surface area contributed by atoms with E-state index in [4.69, 9.17) is 0 Å². The highest BCUT2D eigenvalue weighted by atomic mass is 32.2. The molecular weight excluding hydrogens is 434 g/mol. The quantitative estimate of drug-likeness (QED) is 0.680. The van der Waals surface area contributed by atoms with Crippen LogP contribution in [0.5, 0.6) is 0 Å². The zero-order valence-corrected chi connectivity index (χ0v) is 19.8. The van der Waals surface area contributed by atoms with Crippen LogP contribution in [0.2, 0.25) is 0 Å². The number of amides is 2. The molecule has 2 heterocycles. The van der Waals surface area contributed by atoms with E-state index in [0.717, 1.165) is 6.42 Å². The van der Waals surface area contributed by atoms with Gasteiger partial charge >= 0.3 is 0 Å². The minimum absolute atomic E-state index is 0.0459. The van der Waals surface area contributed by atoms with Gasteiger partial charge < -0.3 is 10.2 Å². The third-order valence-corrected chi connectivity index (χ3v) is 8.64. The summed E-state index contributed by atoms with van der Waals surface area (Å²) in [4.78, 5) is 28.1. The van der Waals surface area contributed by atoms with Gasteiger partial charge in [-0.3, -0.25) is 9.59 Å². The predicted molar refractivity (Wildman–Crippen MR) is 123 cm³/mol. The van der Waals surface area contributed by atoms with E-state index in [1.807, 2.05) is 11.4 Å². The maximum atomic E-state index is 13.0. The Labute approximate surface area is 188 Å². The van der Waals surface area contributed by atoms with Crippen LogP contribution in [0.15, 0.2) is 40.6 Å². The van der Waals surface area contributed by atoms with Gasteiger partial charge in [0.25, 0.3) is 5.91 Å². The highest BCUT2D eigenvalue weighted by Crippen LogP contribution is 2.26. The number of sulfonamides is 1. The number of benzene rings is 1. The van der Waals surface area contributed by atoms with Gasteiger partial charge in [-0.05, 0) is 48.9 Å². The van der Waals surface area contributed by atoms with Crippen LogP contribution in [0.1, 0.15) is 41.9 Å². The Kier molecular flexibility index (Phi) is 7.51. The monoisotopic (exact) mass is 463 g/mol. The molecule has 0 spiro atoms. The topological polar surface area (TPSA) is 86.8 Å². The van der Waals surface area contributed by atoms with Crippen LogP contribution >= 0.6 is 11.3 Å². The van der Waals surface area contributed by atoms with Crippen molar-refractivity contribution in [3.63, 3.8) is 0 Å². The molecule has 31 heavy (non-hydrogen) atoms. The van der Waals surface area contributed by atoms with Crippen LogP contribution in [-0.2, 0) is 14.8 Å². The van der Waals surface area contributed by atoms with Crippen LogP contribution in [0.25, 0.3) is 0 Å². The Morgan fingerprint density at radius 3 is 2.61 bits per heavy atom. The fraction of sp³-hybridized carbons (Fsp3) is 0.455. The van der Waals surface area contributed by atoms with E-state index in [2.05, 4.69) is 5.32 Å². The number of anilines is 1. The summed E-state index contributed by atoms with van der Waals surface area (Å²) in [5, 5.41) is 4.73. The van der Waals surface area contributed by atoms with Gasteiger partial charge in [-0.2, -0.15) is 4.31 Å². The maximum Gasteiger partial charge on any atom is 0.263 e. The van der Waals surface area contributed by atoms with Gasteiger partial charge in [0.05, 0.1) is 15.7 Å². The first-order chi connectivity index (χ1) is 14.8. The second kappa shape index (κ2) is 9.93. The molecule has 1 aromatic heterocycles. The van der Waals surface area contributed by atoms with Crippen molar-refractivity contribution >= 4 is 38.9 Å². The predicted octanol–water partition coefficient (Wildman–Crippen LogP) is 3.58. The number of nitrogens with zero attached hydrogens (tertiary/aromatic N) is 2. The van der Waals surface area contributed by atoms with Crippen molar-refractivity contribution in [3.05, 3.63) is 46.2 Å². The summed E-state index contributed by atoms with van der Waals surface area (Å²) in [7, 11) is -3.63. The van der Waals surface area contributed by atoms with E-state index in [0.29, 0.717) is 48.7 Å². The molecule has 9 heteroatoms. The molecule has 7 nitrogen and oxygen atoms in total. The third-order valence-electron chi connectivity index (χ3n) is 5.59. The molecule has 0 aliphatic carbocycles. The number of likely N-dealkylation sites (tertiary alicyclic amines) is 1. The summed E-state index contributed by atoms with van der Waals surface area (Å²) in [6, 6.07) is 8.58. The average molecular weight is 464 g/mol. The summed E-state index contributed by atoms with van der Waals surface area (Å²) >= 11 is 1.40. The Morgan fingerprint density at radius 1 is 1.23 bits per heavy atom. The number of nitrogens with one attached hydrogen (secondary N) is 1. The highest BCUT2D eigenvalue weighted by molar-refractivity contribution is 7.89. The van der Waals surface area contributed by atoms with Crippen LogP contribution in [-0.4, -0.2) is 55.6 Å². The van der Waals surface area contributed by atoms with E-state index < -0.39 is 10.0 Å². The fourth-order valence-corrected chi connectivity index (χ4v) is 6.23. The highest BCUT2D eigenvalue weighted by Gasteiger charge is 2.30. The molecular formula is C22H29N3O4S2. The van der Waals surface area contributed by atoms with Crippen molar-refractivity contribution < 1.29 is 18.0 Å². The number of rotatable bonds is 7. The smallest absolute Gasteiger partial charge is 0.263 e. The van der Waals surface area contributed by atoms with Crippen LogP contribution in [0.3, 0.4) is 0 Å². The largest absolute Gasteiger partial charge is 0.337 e. The second-order valence-electron chi connectivity index (χ2n) is 7.63. The standard InChI is InChI=1S/C22H29N3O4S2/c1-4-25(5-2)31(28,29)20-14-18(11-10-16(20)3)23-21(26)17-8-6-12-24(15-17)22(27)19-9-7-13-30-19/h7,9-11,13-14,17H,4-6,8,12,15H2,1-3H3,(H,23,26). The Balaban J connectivity index is 1.74. The lowest BCUT2D eigenvalue weighted by atomic mass is 9.97. The van der Waals surface area contributed by atoms with Gasteiger partial charge in [0, 0.05) is 31.9 Å². The van der Waals surface area contributed by atoms with E-state index in [1.54, 1.807) is 43.9 Å². The molecule has 1 aromatic carbocycles. The first-order valence-electron chi connectivity index (χ1n) is 10.5. The number of carbonyl (C=O) groups excluding carboxylic acids is 2. The molecule has 0 saturated carbocycles. The van der Waals surface area contributed by atoms with Gasteiger partial charge in [0.15, 0.2) is 0 Å². The Morgan fingerprint density at radius 2 is 1.97 bits per heavy atom. The first kappa shape index (κ1) is 23.4. The van der Waals surface area contributed by atoms with Gasteiger partial charge in [0.2, 0.25) is 15.9 Å². The summed E-state index contributed by atoms with van der Waals surface area (Å²) < 4.78 is 27.3. The van der Waals surface area contributed by atoms with E-state index in [1.165, 1.54) is 21.7 Å². The summed E-state index contributed by atoms with van der Waals surface area (Å²) in [6.45, 7) is 7.10. The van der Waals surface area contributed by atoms with Crippen molar-refractivity contribution in [2.75, 3.05) is 31.5 Å². The number of carbonyl (C=O) groups is 2. The molecule has 1 atom stereocenters. The number of hydrogen-bond acceptors (Lipinski definition) is 5. The van der Waals surface area contributed by atoms with Gasteiger partial charge in [-0.15, -0.1) is 11.3 Å². The molecule has 1 aliphatic rings. The molecule has 168 valence electrons. The lowest BCUT2D eigenvalue weighted by Crippen LogP contribution is -2.43. The van der Waals surface area contributed by atoms with Crippen molar-refractivity contribution in [2.45, 2.75) is 38.5 Å². The summed E-state index contributed by atoms with van der Waals surface area (Å²) in [5.74, 6) is -0.573. The second-order valence-corrected chi connectivity index (χ2v) is 10.5. The molecule has 2 aromatic rings. The molecule has 1 aliphatic heterocycles. The van der Waals surface area contributed by atoms with Crippen LogP contribution in [0, 0.1) is 12.8 Å². The molecule has 0 radical (unpaired) electrons. The Bertz CT molecular complexity index is 1030. The third kappa shape index (κ3) is 5.16. The molecule has 1 saturated heterocycles.